The van der Waals surface area contributed by atoms with E-state index in [2.05, 4.69) is 20.3 Å². The fourth-order valence-corrected chi connectivity index (χ4v) is 4.52. The van der Waals surface area contributed by atoms with Gasteiger partial charge in [-0.15, -0.1) is 0 Å². The molecule has 1 aliphatic heterocycles. The summed E-state index contributed by atoms with van der Waals surface area (Å²) in [5, 5.41) is 33.5. The number of hydrogen-bond acceptors (Lipinski definition) is 10. The first-order valence-electron chi connectivity index (χ1n) is 11.8. The molecule has 4 N–H and O–H groups in total. The van der Waals surface area contributed by atoms with E-state index in [4.69, 9.17) is 9.47 Å². The average molecular weight is 506 g/mol. The van der Waals surface area contributed by atoms with Gasteiger partial charge in [0.15, 0.2) is 23.2 Å². The lowest BCUT2D eigenvalue weighted by atomic mass is 9.91. The Kier molecular flexibility index (Phi) is 7.10. The van der Waals surface area contributed by atoms with Crippen molar-refractivity contribution in [3.63, 3.8) is 0 Å². The van der Waals surface area contributed by atoms with Crippen LogP contribution in [-0.4, -0.2) is 79.4 Å². The summed E-state index contributed by atoms with van der Waals surface area (Å²) in [5.74, 6) is -0.687. The smallest absolute Gasteiger partial charge is 0.376 e. The van der Waals surface area contributed by atoms with Crippen molar-refractivity contribution in [2.24, 2.45) is 0 Å². The number of hydrogen-bond donors (Lipinski definition) is 4. The Balaban J connectivity index is 1.53. The number of aliphatic hydroxyl groups excluding tert-OH is 3. The van der Waals surface area contributed by atoms with Crippen LogP contribution < -0.4 is 5.32 Å². The fraction of sp³-hybridized carbons (Fsp3) is 0.308. The van der Waals surface area contributed by atoms with Crippen LogP contribution in [0.4, 0.5) is 5.82 Å². The number of benzene rings is 2. The zero-order chi connectivity index (χ0) is 25.9. The van der Waals surface area contributed by atoms with Crippen LogP contribution in [-0.2, 0) is 9.47 Å². The molecule has 2 aromatic heterocycles. The molecule has 0 bridgehead atoms. The standard InChI is InChI=1S/C26H27N5O6/c1-36-26(35)23-29-22(27-12-17(15-8-4-2-5-9-15)16-10-6-3-7-11-16)19-24(30-23)31(14-28-19)25-21(34)20(33)18(13-32)37-25/h2-11,14,17-18,20-21,25,32-34H,12-13H2,1H3,(H,27,29,30). The van der Waals surface area contributed by atoms with Crippen molar-refractivity contribution < 1.29 is 29.6 Å². The Labute approximate surface area is 212 Å². The second kappa shape index (κ2) is 10.6. The molecule has 1 fully saturated rings. The zero-order valence-corrected chi connectivity index (χ0v) is 20.0. The van der Waals surface area contributed by atoms with E-state index in [1.807, 2.05) is 60.7 Å². The second-order valence-corrected chi connectivity index (χ2v) is 8.70. The Morgan fingerprint density at radius 1 is 1.05 bits per heavy atom. The van der Waals surface area contributed by atoms with Crippen LogP contribution in [0.15, 0.2) is 67.0 Å². The van der Waals surface area contributed by atoms with Gasteiger partial charge in [-0.1, -0.05) is 60.7 Å². The number of nitrogens with zero attached hydrogens (tertiary/aromatic N) is 4. The molecule has 0 saturated carbocycles. The number of carbonyl (C=O) groups is 1. The molecule has 4 unspecified atom stereocenters. The maximum Gasteiger partial charge on any atom is 0.376 e. The minimum atomic E-state index is -1.34. The number of aliphatic hydroxyl groups is 3. The highest BCUT2D eigenvalue weighted by molar-refractivity contribution is 5.91. The van der Waals surface area contributed by atoms with Gasteiger partial charge in [0.2, 0.25) is 5.82 Å². The predicted molar refractivity (Wildman–Crippen MR) is 133 cm³/mol. The number of fused-ring (bicyclic) bond motifs is 1. The quantitative estimate of drug-likeness (QED) is 0.259. The third-order valence-electron chi connectivity index (χ3n) is 6.46. The molecule has 11 heteroatoms. The summed E-state index contributed by atoms with van der Waals surface area (Å²) < 4.78 is 11.9. The van der Waals surface area contributed by atoms with Crippen LogP contribution in [0.2, 0.25) is 0 Å². The lowest BCUT2D eigenvalue weighted by Gasteiger charge is -2.20. The predicted octanol–water partition coefficient (Wildman–Crippen LogP) is 1.47. The molecular formula is C26H27N5O6. The van der Waals surface area contributed by atoms with Crippen molar-refractivity contribution in [2.45, 2.75) is 30.5 Å². The van der Waals surface area contributed by atoms with E-state index < -0.39 is 37.1 Å². The van der Waals surface area contributed by atoms with Gasteiger partial charge in [-0.3, -0.25) is 4.57 Å². The molecule has 4 aromatic rings. The van der Waals surface area contributed by atoms with Crippen molar-refractivity contribution >= 4 is 23.0 Å². The fourth-order valence-electron chi connectivity index (χ4n) is 4.52. The number of rotatable bonds is 8. The van der Waals surface area contributed by atoms with E-state index in [9.17, 15) is 20.1 Å². The summed E-state index contributed by atoms with van der Waals surface area (Å²) in [6.45, 7) is -0.0433. The molecule has 3 heterocycles. The lowest BCUT2D eigenvalue weighted by Crippen LogP contribution is -2.33. The molecule has 5 rings (SSSR count). The SMILES string of the molecule is COC(=O)c1nc(NCC(c2ccccc2)c2ccccc2)c2ncn(C3OC(CO)C(O)C3O)c2n1. The Bertz CT molecular complexity index is 1330. The number of aromatic nitrogens is 4. The Hall–Kier alpha value is -3.90. The van der Waals surface area contributed by atoms with Gasteiger partial charge in [-0.2, -0.15) is 0 Å². The van der Waals surface area contributed by atoms with Gasteiger partial charge >= 0.3 is 5.97 Å². The molecule has 192 valence electrons. The molecule has 2 aromatic carbocycles. The molecule has 0 spiro atoms. The Morgan fingerprint density at radius 3 is 2.27 bits per heavy atom. The molecule has 0 amide bonds. The van der Waals surface area contributed by atoms with Crippen LogP contribution in [0.3, 0.4) is 0 Å². The van der Waals surface area contributed by atoms with Crippen LogP contribution in [0.25, 0.3) is 11.2 Å². The van der Waals surface area contributed by atoms with E-state index in [0.717, 1.165) is 11.1 Å². The minimum absolute atomic E-state index is 0.0310. The van der Waals surface area contributed by atoms with Gasteiger partial charge < -0.3 is 30.1 Å². The number of methoxy groups -OCH3 is 1. The molecular weight excluding hydrogens is 478 g/mol. The summed E-state index contributed by atoms with van der Waals surface area (Å²) in [7, 11) is 1.23. The van der Waals surface area contributed by atoms with Crippen molar-refractivity contribution in [2.75, 3.05) is 25.6 Å². The third kappa shape index (κ3) is 4.77. The molecule has 1 saturated heterocycles. The first-order chi connectivity index (χ1) is 18.0. The topological polar surface area (TPSA) is 152 Å². The van der Waals surface area contributed by atoms with Crippen LogP contribution in [0.5, 0.6) is 0 Å². The number of esters is 1. The first-order valence-corrected chi connectivity index (χ1v) is 11.8. The van der Waals surface area contributed by atoms with Crippen LogP contribution in [0, 0.1) is 0 Å². The number of carbonyl (C=O) groups excluding carboxylic acids is 1. The number of imidazole rings is 1. The first kappa shape index (κ1) is 24.8. The van der Waals surface area contributed by atoms with Crippen molar-refractivity contribution in [1.29, 1.82) is 0 Å². The highest BCUT2D eigenvalue weighted by Crippen LogP contribution is 2.33. The maximum absolute atomic E-state index is 12.4. The van der Waals surface area contributed by atoms with Gasteiger partial charge in [0.05, 0.1) is 20.0 Å². The van der Waals surface area contributed by atoms with Gasteiger partial charge in [0.1, 0.15) is 18.3 Å². The summed E-state index contributed by atoms with van der Waals surface area (Å²) in [5.41, 5.74) is 2.72. The van der Waals surface area contributed by atoms with E-state index in [-0.39, 0.29) is 17.4 Å². The number of ether oxygens (including phenoxy) is 2. The summed E-state index contributed by atoms with van der Waals surface area (Å²) >= 11 is 0. The van der Waals surface area contributed by atoms with Crippen molar-refractivity contribution in [3.05, 3.63) is 83.9 Å². The largest absolute Gasteiger partial charge is 0.463 e. The maximum atomic E-state index is 12.4. The van der Waals surface area contributed by atoms with Crippen LogP contribution >= 0.6 is 0 Å². The van der Waals surface area contributed by atoms with Gasteiger partial charge in [-0.05, 0) is 11.1 Å². The molecule has 4 atom stereocenters. The minimum Gasteiger partial charge on any atom is -0.463 e. The van der Waals surface area contributed by atoms with Crippen molar-refractivity contribution in [1.82, 2.24) is 19.5 Å². The van der Waals surface area contributed by atoms with Crippen molar-refractivity contribution in [3.8, 4) is 0 Å². The number of nitrogens with one attached hydrogen (secondary N) is 1. The van der Waals surface area contributed by atoms with E-state index in [1.54, 1.807) is 0 Å². The highest BCUT2D eigenvalue weighted by atomic mass is 16.6. The Morgan fingerprint density at radius 2 is 1.70 bits per heavy atom. The molecule has 11 nitrogen and oxygen atoms in total. The van der Waals surface area contributed by atoms with Crippen LogP contribution in [0.1, 0.15) is 33.9 Å². The van der Waals surface area contributed by atoms with E-state index in [0.29, 0.717) is 17.9 Å². The summed E-state index contributed by atoms with van der Waals surface area (Å²) in [4.78, 5) is 25.5. The highest BCUT2D eigenvalue weighted by Gasteiger charge is 2.44. The van der Waals surface area contributed by atoms with Gasteiger partial charge in [-0.25, -0.2) is 19.7 Å². The molecule has 0 radical (unpaired) electrons. The van der Waals surface area contributed by atoms with Gasteiger partial charge in [0, 0.05) is 12.5 Å². The molecule has 0 aliphatic carbocycles. The van der Waals surface area contributed by atoms with Gasteiger partial charge in [0.25, 0.3) is 0 Å². The molecule has 37 heavy (non-hydrogen) atoms. The number of anilines is 1. The zero-order valence-electron chi connectivity index (χ0n) is 20.0. The third-order valence-corrected chi connectivity index (χ3v) is 6.46. The average Bonchev–Trinajstić information content (AvgIpc) is 3.49. The second-order valence-electron chi connectivity index (χ2n) is 8.70. The lowest BCUT2D eigenvalue weighted by molar-refractivity contribution is -0.0511. The summed E-state index contributed by atoms with van der Waals surface area (Å²) in [6.07, 6.45) is -3.31. The molecule has 1 aliphatic rings. The van der Waals surface area contributed by atoms with E-state index >= 15 is 0 Å². The monoisotopic (exact) mass is 505 g/mol. The normalized spacial score (nSPS) is 21.4. The van der Waals surface area contributed by atoms with E-state index in [1.165, 1.54) is 18.0 Å². The summed E-state index contributed by atoms with van der Waals surface area (Å²) in [6, 6.07) is 20.0.